The Bertz CT molecular complexity index is 3620. The Hall–Kier alpha value is -8.20. The van der Waals surface area contributed by atoms with Gasteiger partial charge in [0.1, 0.15) is 11.2 Å². The third-order valence-corrected chi connectivity index (χ3v) is 12.5. The highest BCUT2D eigenvalue weighted by Crippen LogP contribution is 2.42. The SMILES string of the molecule is c1cc(-c2cccc3oc4ccccc4c23)cc(N(c2ccc(-c3ccc(-c4cccc5c4ccc4ccccc45)cc3)cc2)c2ccc(-c3ccc4ccccc4c3)cc2)c1. The fourth-order valence-corrected chi connectivity index (χ4v) is 9.38. The van der Waals surface area contributed by atoms with Crippen LogP contribution in [0.1, 0.15) is 0 Å². The number of furan rings is 1. The molecule has 62 heavy (non-hydrogen) atoms. The summed E-state index contributed by atoms with van der Waals surface area (Å²) in [5.41, 5.74) is 14.5. The predicted molar refractivity (Wildman–Crippen MR) is 263 cm³/mol. The van der Waals surface area contributed by atoms with Gasteiger partial charge in [-0.05, 0) is 131 Å². The summed E-state index contributed by atoms with van der Waals surface area (Å²) < 4.78 is 6.30. The molecule has 11 aromatic carbocycles. The smallest absolute Gasteiger partial charge is 0.136 e. The van der Waals surface area contributed by atoms with E-state index in [0.29, 0.717) is 0 Å². The molecule has 2 heteroatoms. The molecule has 12 rings (SSSR count). The zero-order valence-electron chi connectivity index (χ0n) is 33.9. The van der Waals surface area contributed by atoms with Crippen LogP contribution in [0.2, 0.25) is 0 Å². The van der Waals surface area contributed by atoms with Crippen molar-refractivity contribution in [1.29, 1.82) is 0 Å². The van der Waals surface area contributed by atoms with Crippen molar-refractivity contribution in [1.82, 2.24) is 0 Å². The average Bonchev–Trinajstić information content (AvgIpc) is 3.73. The van der Waals surface area contributed by atoms with Crippen molar-refractivity contribution in [2.24, 2.45) is 0 Å². The summed E-state index contributed by atoms with van der Waals surface area (Å²) in [5, 5.41) is 9.85. The number of nitrogens with zero attached hydrogens (tertiary/aromatic N) is 1. The summed E-state index contributed by atoms with van der Waals surface area (Å²) in [6.45, 7) is 0. The first-order valence-corrected chi connectivity index (χ1v) is 21.2. The van der Waals surface area contributed by atoms with E-state index in [0.717, 1.165) is 50.1 Å². The van der Waals surface area contributed by atoms with Crippen molar-refractivity contribution in [3.63, 3.8) is 0 Å². The zero-order chi connectivity index (χ0) is 41.0. The van der Waals surface area contributed by atoms with Crippen molar-refractivity contribution in [3.05, 3.63) is 237 Å². The maximum absolute atomic E-state index is 6.30. The van der Waals surface area contributed by atoms with E-state index in [-0.39, 0.29) is 0 Å². The Labute approximate surface area is 360 Å². The van der Waals surface area contributed by atoms with Gasteiger partial charge in [-0.15, -0.1) is 0 Å². The molecule has 0 atom stereocenters. The Morgan fingerprint density at radius 3 is 1.60 bits per heavy atom. The first kappa shape index (κ1) is 35.7. The molecule has 0 saturated carbocycles. The first-order valence-electron chi connectivity index (χ1n) is 21.2. The normalized spacial score (nSPS) is 11.5. The van der Waals surface area contributed by atoms with E-state index >= 15 is 0 Å². The Morgan fingerprint density at radius 1 is 0.258 bits per heavy atom. The standard InChI is InChI=1S/C60H39NO/c1-2-12-46-38-47(27-24-40(46)10-1)43-30-35-50(36-31-43)61(51-14-7-13-48(39-51)54-18-9-21-59-60(54)57-16-5-6-20-58(57)62-59)49-33-28-42(29-34-49)41-22-25-45(26-23-41)53-17-8-19-55-52-15-4-3-11-44(52)32-37-56(53)55/h1-39H. The maximum atomic E-state index is 6.30. The number of hydrogen-bond acceptors (Lipinski definition) is 2. The molecule has 0 radical (unpaired) electrons. The van der Waals surface area contributed by atoms with Gasteiger partial charge in [-0.25, -0.2) is 0 Å². The molecule has 0 bridgehead atoms. The van der Waals surface area contributed by atoms with Crippen LogP contribution >= 0.6 is 0 Å². The lowest BCUT2D eigenvalue weighted by atomic mass is 9.93. The quantitative estimate of drug-likeness (QED) is 0.150. The molecular weight excluding hydrogens is 751 g/mol. The van der Waals surface area contributed by atoms with E-state index < -0.39 is 0 Å². The van der Waals surface area contributed by atoms with Crippen LogP contribution in [0.25, 0.3) is 98.8 Å². The van der Waals surface area contributed by atoms with E-state index in [1.54, 1.807) is 0 Å². The summed E-state index contributed by atoms with van der Waals surface area (Å²) >= 11 is 0. The Balaban J connectivity index is 0.918. The van der Waals surface area contributed by atoms with Crippen LogP contribution in [-0.2, 0) is 0 Å². The lowest BCUT2D eigenvalue weighted by molar-refractivity contribution is 0.669. The molecule has 0 unspecified atom stereocenters. The van der Waals surface area contributed by atoms with Crippen LogP contribution in [0.5, 0.6) is 0 Å². The third-order valence-electron chi connectivity index (χ3n) is 12.5. The summed E-state index contributed by atoms with van der Waals surface area (Å²) in [6, 6.07) is 85.5. The third kappa shape index (κ3) is 6.20. The van der Waals surface area contributed by atoms with Gasteiger partial charge in [0, 0.05) is 27.8 Å². The molecule has 0 N–H and O–H groups in total. The molecule has 0 amide bonds. The summed E-state index contributed by atoms with van der Waals surface area (Å²) in [4.78, 5) is 2.36. The molecule has 0 aliphatic heterocycles. The molecule has 290 valence electrons. The summed E-state index contributed by atoms with van der Waals surface area (Å²) in [7, 11) is 0. The number of anilines is 3. The molecule has 0 spiro atoms. The van der Waals surface area contributed by atoms with Crippen molar-refractivity contribution >= 4 is 71.3 Å². The van der Waals surface area contributed by atoms with Crippen LogP contribution in [0, 0.1) is 0 Å². The molecule has 12 aromatic rings. The fourth-order valence-electron chi connectivity index (χ4n) is 9.38. The molecule has 2 nitrogen and oxygen atoms in total. The minimum absolute atomic E-state index is 0.893. The molecule has 0 saturated heterocycles. The molecular formula is C60H39NO. The highest BCUT2D eigenvalue weighted by atomic mass is 16.3. The predicted octanol–water partition coefficient (Wildman–Crippen LogP) is 17.2. The topological polar surface area (TPSA) is 16.4 Å². The van der Waals surface area contributed by atoms with Gasteiger partial charge < -0.3 is 9.32 Å². The van der Waals surface area contributed by atoms with Gasteiger partial charge in [0.05, 0.1) is 0 Å². The number of para-hydroxylation sites is 1. The largest absolute Gasteiger partial charge is 0.456 e. The molecule has 1 aromatic heterocycles. The highest BCUT2D eigenvalue weighted by Gasteiger charge is 2.17. The van der Waals surface area contributed by atoms with Crippen molar-refractivity contribution < 1.29 is 4.42 Å². The molecule has 0 aliphatic carbocycles. The second-order valence-corrected chi connectivity index (χ2v) is 16.1. The zero-order valence-corrected chi connectivity index (χ0v) is 33.9. The fraction of sp³-hybridized carbons (Fsp3) is 0. The maximum Gasteiger partial charge on any atom is 0.136 e. The van der Waals surface area contributed by atoms with Crippen LogP contribution in [-0.4, -0.2) is 0 Å². The minimum Gasteiger partial charge on any atom is -0.456 e. The first-order chi connectivity index (χ1) is 30.7. The number of benzene rings is 11. The van der Waals surface area contributed by atoms with Crippen molar-refractivity contribution in [2.45, 2.75) is 0 Å². The van der Waals surface area contributed by atoms with E-state index in [4.69, 9.17) is 4.42 Å². The van der Waals surface area contributed by atoms with Crippen LogP contribution in [0.15, 0.2) is 241 Å². The van der Waals surface area contributed by atoms with Gasteiger partial charge in [0.15, 0.2) is 0 Å². The monoisotopic (exact) mass is 789 g/mol. The Kier molecular flexibility index (Phi) is 8.53. The lowest BCUT2D eigenvalue weighted by Crippen LogP contribution is -2.10. The summed E-state index contributed by atoms with van der Waals surface area (Å²) in [5.74, 6) is 0. The van der Waals surface area contributed by atoms with E-state index in [1.165, 1.54) is 65.7 Å². The highest BCUT2D eigenvalue weighted by molar-refractivity contribution is 6.13. The van der Waals surface area contributed by atoms with Gasteiger partial charge in [-0.2, -0.15) is 0 Å². The van der Waals surface area contributed by atoms with Gasteiger partial charge in [-0.3, -0.25) is 0 Å². The van der Waals surface area contributed by atoms with Crippen LogP contribution in [0.4, 0.5) is 17.1 Å². The van der Waals surface area contributed by atoms with Gasteiger partial charge in [0.25, 0.3) is 0 Å². The minimum atomic E-state index is 0.893. The van der Waals surface area contributed by atoms with Gasteiger partial charge in [-0.1, -0.05) is 182 Å². The molecule has 0 aliphatic rings. The van der Waals surface area contributed by atoms with E-state index in [9.17, 15) is 0 Å². The number of rotatable bonds is 7. The van der Waals surface area contributed by atoms with E-state index in [2.05, 4.69) is 229 Å². The van der Waals surface area contributed by atoms with Crippen LogP contribution in [0.3, 0.4) is 0 Å². The number of fused-ring (bicyclic) bond motifs is 7. The number of hydrogen-bond donors (Lipinski definition) is 0. The Morgan fingerprint density at radius 2 is 0.806 bits per heavy atom. The lowest BCUT2D eigenvalue weighted by Gasteiger charge is -2.26. The van der Waals surface area contributed by atoms with E-state index in [1.807, 2.05) is 12.1 Å². The van der Waals surface area contributed by atoms with Gasteiger partial charge >= 0.3 is 0 Å². The summed E-state index contributed by atoms with van der Waals surface area (Å²) in [6.07, 6.45) is 0. The molecule has 1 heterocycles. The van der Waals surface area contributed by atoms with Crippen molar-refractivity contribution in [3.8, 4) is 44.5 Å². The van der Waals surface area contributed by atoms with Crippen LogP contribution < -0.4 is 4.90 Å². The van der Waals surface area contributed by atoms with Gasteiger partial charge in [0.2, 0.25) is 0 Å². The molecule has 0 fully saturated rings. The second-order valence-electron chi connectivity index (χ2n) is 16.1. The van der Waals surface area contributed by atoms with Crippen molar-refractivity contribution in [2.75, 3.05) is 4.90 Å². The average molecular weight is 790 g/mol. The second kappa shape index (κ2) is 14.8.